The molecule has 3 aromatic rings. The first-order valence-electron chi connectivity index (χ1n) is 12.6. The van der Waals surface area contributed by atoms with Gasteiger partial charge in [-0.05, 0) is 73.2 Å². The summed E-state index contributed by atoms with van der Waals surface area (Å²) < 4.78 is 40.4. The number of benzene rings is 3. The summed E-state index contributed by atoms with van der Waals surface area (Å²) in [6, 6.07) is 21.6. The van der Waals surface area contributed by atoms with Gasteiger partial charge in [0.1, 0.15) is 11.5 Å². The molecule has 1 N–H and O–H groups in total. The maximum absolute atomic E-state index is 13.9. The highest BCUT2D eigenvalue weighted by atomic mass is 32.2. The molecule has 0 saturated carbocycles. The lowest BCUT2D eigenvalue weighted by Crippen LogP contribution is -2.55. The Labute approximate surface area is 225 Å². The first-order chi connectivity index (χ1) is 17.8. The van der Waals surface area contributed by atoms with Crippen molar-refractivity contribution >= 4 is 21.6 Å². The van der Waals surface area contributed by atoms with Gasteiger partial charge in [-0.1, -0.05) is 57.2 Å². The first-order valence-corrected chi connectivity index (χ1v) is 14.1. The number of nitrogens with zero attached hydrogens (tertiary/aromatic N) is 1. The Hall–Kier alpha value is -3.52. The topological polar surface area (TPSA) is 84.9 Å². The van der Waals surface area contributed by atoms with E-state index in [9.17, 15) is 13.2 Å². The van der Waals surface area contributed by atoms with Crippen molar-refractivity contribution in [2.75, 3.05) is 18.0 Å². The molecule has 4 rings (SSSR count). The second-order valence-electron chi connectivity index (χ2n) is 11.3. The number of amides is 1. The average Bonchev–Trinajstić information content (AvgIpc) is 2.87. The molecule has 0 spiro atoms. The van der Waals surface area contributed by atoms with Crippen molar-refractivity contribution in [2.45, 2.75) is 63.0 Å². The Morgan fingerprint density at radius 3 is 2.26 bits per heavy atom. The standard InChI is InChI=1S/C30H36N2O5S/c1-29(2,3)22-12-17-26-25(18-22)32(38(34,35)24-15-13-23(36-6)14-16-24)20-27(37-26)28(33)31-30(4,5)19-21-10-8-7-9-11-21/h7-18,27H,19-20H2,1-6H3,(H,31,33). The van der Waals surface area contributed by atoms with Crippen LogP contribution < -0.4 is 19.1 Å². The Morgan fingerprint density at radius 1 is 1.00 bits per heavy atom. The van der Waals surface area contributed by atoms with Crippen LogP contribution in [-0.2, 0) is 26.7 Å². The molecule has 1 amide bonds. The van der Waals surface area contributed by atoms with Crippen LogP contribution in [0.1, 0.15) is 45.7 Å². The highest BCUT2D eigenvalue weighted by Gasteiger charge is 2.39. The highest BCUT2D eigenvalue weighted by molar-refractivity contribution is 7.92. The van der Waals surface area contributed by atoms with Crippen molar-refractivity contribution in [1.82, 2.24) is 5.32 Å². The van der Waals surface area contributed by atoms with Crippen LogP contribution in [0.2, 0.25) is 0 Å². The molecule has 1 unspecified atom stereocenters. The molecule has 0 aromatic heterocycles. The van der Waals surface area contributed by atoms with E-state index in [0.717, 1.165) is 11.1 Å². The zero-order chi connectivity index (χ0) is 27.7. The summed E-state index contributed by atoms with van der Waals surface area (Å²) >= 11 is 0. The van der Waals surface area contributed by atoms with Gasteiger partial charge in [0.05, 0.1) is 24.2 Å². The molecular formula is C30H36N2O5S. The number of carbonyl (C=O) groups excluding carboxylic acids is 1. The van der Waals surface area contributed by atoms with E-state index in [1.54, 1.807) is 18.2 Å². The summed E-state index contributed by atoms with van der Waals surface area (Å²) in [5.74, 6) is 0.535. The molecule has 0 saturated heterocycles. The maximum Gasteiger partial charge on any atom is 0.264 e. The van der Waals surface area contributed by atoms with Crippen LogP contribution in [0.5, 0.6) is 11.5 Å². The van der Waals surface area contributed by atoms with Crippen LogP contribution in [0.4, 0.5) is 5.69 Å². The molecule has 0 radical (unpaired) electrons. The van der Waals surface area contributed by atoms with E-state index < -0.39 is 21.7 Å². The van der Waals surface area contributed by atoms with Gasteiger partial charge in [0.25, 0.3) is 15.9 Å². The van der Waals surface area contributed by atoms with Crippen LogP contribution in [0.3, 0.4) is 0 Å². The summed E-state index contributed by atoms with van der Waals surface area (Å²) in [6.45, 7) is 9.91. The predicted molar refractivity (Wildman–Crippen MR) is 149 cm³/mol. The van der Waals surface area contributed by atoms with Gasteiger partial charge in [-0.2, -0.15) is 0 Å². The van der Waals surface area contributed by atoms with Crippen LogP contribution in [0, 0.1) is 0 Å². The van der Waals surface area contributed by atoms with Crippen molar-refractivity contribution in [3.05, 3.63) is 83.9 Å². The van der Waals surface area contributed by atoms with Crippen molar-refractivity contribution in [3.8, 4) is 11.5 Å². The van der Waals surface area contributed by atoms with Crippen LogP contribution in [-0.4, -0.2) is 39.6 Å². The molecule has 0 bridgehead atoms. The molecule has 3 aromatic carbocycles. The Balaban J connectivity index is 1.68. The van der Waals surface area contributed by atoms with Gasteiger partial charge < -0.3 is 14.8 Å². The smallest absolute Gasteiger partial charge is 0.264 e. The molecule has 1 aliphatic rings. The Morgan fingerprint density at radius 2 is 1.66 bits per heavy atom. The maximum atomic E-state index is 13.9. The van der Waals surface area contributed by atoms with E-state index in [4.69, 9.17) is 9.47 Å². The van der Waals surface area contributed by atoms with Crippen molar-refractivity contribution < 1.29 is 22.7 Å². The molecule has 7 nitrogen and oxygen atoms in total. The third-order valence-corrected chi connectivity index (χ3v) is 8.38. The second-order valence-corrected chi connectivity index (χ2v) is 13.1. The summed E-state index contributed by atoms with van der Waals surface area (Å²) in [6.07, 6.45) is -0.405. The van der Waals surface area contributed by atoms with Gasteiger partial charge in [0, 0.05) is 5.54 Å². The number of rotatable bonds is 7. The Kier molecular flexibility index (Phi) is 7.48. The fraction of sp³-hybridized carbons (Fsp3) is 0.367. The zero-order valence-corrected chi connectivity index (χ0v) is 23.6. The number of fused-ring (bicyclic) bond motifs is 1. The number of methoxy groups -OCH3 is 1. The molecule has 8 heteroatoms. The molecule has 0 fully saturated rings. The SMILES string of the molecule is COc1ccc(S(=O)(=O)N2CC(C(=O)NC(C)(C)Cc3ccccc3)Oc3ccc(C(C)(C)C)cc32)cc1. The largest absolute Gasteiger partial charge is 0.497 e. The number of hydrogen-bond acceptors (Lipinski definition) is 5. The molecule has 202 valence electrons. The second kappa shape index (κ2) is 10.3. The third kappa shape index (κ3) is 5.96. The monoisotopic (exact) mass is 536 g/mol. The minimum atomic E-state index is -4.00. The van der Waals surface area contributed by atoms with E-state index in [1.807, 2.05) is 56.3 Å². The quantitative estimate of drug-likeness (QED) is 0.455. The summed E-state index contributed by atoms with van der Waals surface area (Å²) in [5, 5.41) is 3.07. The Bertz CT molecular complexity index is 1390. The van der Waals surface area contributed by atoms with E-state index in [0.29, 0.717) is 23.6 Å². The molecule has 38 heavy (non-hydrogen) atoms. The fourth-order valence-electron chi connectivity index (χ4n) is 4.52. The van der Waals surface area contributed by atoms with E-state index >= 15 is 0 Å². The summed E-state index contributed by atoms with van der Waals surface area (Å²) in [7, 11) is -2.48. The highest BCUT2D eigenvalue weighted by Crippen LogP contribution is 2.40. The summed E-state index contributed by atoms with van der Waals surface area (Å²) in [5.41, 5.74) is 1.69. The zero-order valence-electron chi connectivity index (χ0n) is 22.8. The number of nitrogens with one attached hydrogen (secondary N) is 1. The predicted octanol–water partition coefficient (Wildman–Crippen LogP) is 5.09. The van der Waals surface area contributed by atoms with Crippen LogP contribution in [0.15, 0.2) is 77.7 Å². The molecular weight excluding hydrogens is 500 g/mol. The van der Waals surface area contributed by atoms with Crippen molar-refractivity contribution in [3.63, 3.8) is 0 Å². The lowest BCUT2D eigenvalue weighted by molar-refractivity contribution is -0.129. The first kappa shape index (κ1) is 27.5. The minimum Gasteiger partial charge on any atom is -0.497 e. The molecule has 1 heterocycles. The number of anilines is 1. The van der Waals surface area contributed by atoms with Gasteiger partial charge in [-0.3, -0.25) is 9.10 Å². The van der Waals surface area contributed by atoms with Gasteiger partial charge >= 0.3 is 0 Å². The van der Waals surface area contributed by atoms with E-state index in [-0.39, 0.29) is 22.8 Å². The van der Waals surface area contributed by atoms with Crippen molar-refractivity contribution in [1.29, 1.82) is 0 Å². The number of hydrogen-bond donors (Lipinski definition) is 1. The van der Waals surface area contributed by atoms with Gasteiger partial charge in [0.15, 0.2) is 6.10 Å². The third-order valence-electron chi connectivity index (χ3n) is 6.58. The molecule has 0 aliphatic carbocycles. The van der Waals surface area contributed by atoms with E-state index in [1.165, 1.54) is 23.5 Å². The van der Waals surface area contributed by atoms with Crippen molar-refractivity contribution in [2.24, 2.45) is 0 Å². The number of ether oxygens (including phenoxy) is 2. The van der Waals surface area contributed by atoms with Gasteiger partial charge in [-0.15, -0.1) is 0 Å². The average molecular weight is 537 g/mol. The van der Waals surface area contributed by atoms with Gasteiger partial charge in [-0.25, -0.2) is 8.42 Å². The number of carbonyl (C=O) groups is 1. The van der Waals surface area contributed by atoms with E-state index in [2.05, 4.69) is 26.1 Å². The fourth-order valence-corrected chi connectivity index (χ4v) is 5.99. The molecule has 1 aliphatic heterocycles. The lowest BCUT2D eigenvalue weighted by Gasteiger charge is -2.37. The summed E-state index contributed by atoms with van der Waals surface area (Å²) in [4.78, 5) is 13.6. The minimum absolute atomic E-state index is 0.107. The lowest BCUT2D eigenvalue weighted by atomic mass is 9.86. The van der Waals surface area contributed by atoms with Crippen LogP contribution in [0.25, 0.3) is 0 Å². The van der Waals surface area contributed by atoms with Crippen LogP contribution >= 0.6 is 0 Å². The normalized spacial score (nSPS) is 15.8. The number of sulfonamides is 1. The van der Waals surface area contributed by atoms with Gasteiger partial charge in [0.2, 0.25) is 0 Å². The molecule has 1 atom stereocenters.